The van der Waals surface area contributed by atoms with Crippen molar-refractivity contribution in [2.45, 2.75) is 33.1 Å². The molecule has 220 valence electrons. The maximum atomic E-state index is 7.50. The number of fused-ring (bicyclic) bond motifs is 3. The minimum absolute atomic E-state index is 0.217. The summed E-state index contributed by atoms with van der Waals surface area (Å²) in [6.07, 6.45) is 2.46. The third-order valence-electron chi connectivity index (χ3n) is 8.15. The molecule has 3 aromatic heterocycles. The van der Waals surface area contributed by atoms with Gasteiger partial charge in [-0.25, -0.2) is 16.2 Å². The van der Waals surface area contributed by atoms with Crippen LogP contribution < -0.4 is 4.74 Å². The maximum absolute atomic E-state index is 7.50. The molecule has 0 bridgehead atoms. The molecule has 0 fully saturated rings. The van der Waals surface area contributed by atoms with Crippen LogP contribution in [0.1, 0.15) is 36.7 Å². The first-order valence-electron chi connectivity index (χ1n) is 15.3. The van der Waals surface area contributed by atoms with Gasteiger partial charge in [0.2, 0.25) is 6.54 Å². The molecule has 0 N–H and O–H groups in total. The molecule has 0 amide bonds. The molecule has 0 aliphatic heterocycles. The normalized spacial score (nSPS) is 11.4. The summed E-state index contributed by atoms with van der Waals surface area (Å²) in [5, 5.41) is 7.44. The van der Waals surface area contributed by atoms with Gasteiger partial charge < -0.3 is 9.58 Å². The summed E-state index contributed by atoms with van der Waals surface area (Å²) >= 11 is 0. The van der Waals surface area contributed by atoms with Crippen LogP contribution in [0.4, 0.5) is 0 Å². The van der Waals surface area contributed by atoms with Gasteiger partial charge in [0.15, 0.2) is 0 Å². The minimum atomic E-state index is 0.217. The van der Waals surface area contributed by atoms with Crippen LogP contribution in [-0.2, 0) is 6.42 Å². The predicted octanol–water partition coefficient (Wildman–Crippen LogP) is 9.72. The number of pyridine rings is 1. The van der Waals surface area contributed by atoms with Gasteiger partial charge in [0, 0.05) is 34.7 Å². The molecule has 0 unspecified atom stereocenters. The lowest BCUT2D eigenvalue weighted by atomic mass is 9.96. The van der Waals surface area contributed by atoms with Gasteiger partial charge in [-0.15, -0.1) is 0 Å². The second-order valence-electron chi connectivity index (χ2n) is 11.6. The molecule has 6 nitrogen and oxygen atoms in total. The molecular formula is C39H33N5O. The van der Waals surface area contributed by atoms with E-state index in [9.17, 15) is 0 Å². The van der Waals surface area contributed by atoms with E-state index in [1.54, 1.807) is 0 Å². The Bertz CT molecular complexity index is 2200. The van der Waals surface area contributed by atoms with Crippen LogP contribution in [0, 0.1) is 13.5 Å². The zero-order valence-corrected chi connectivity index (χ0v) is 25.6. The van der Waals surface area contributed by atoms with E-state index >= 15 is 0 Å². The molecule has 45 heavy (non-hydrogen) atoms. The second-order valence-corrected chi connectivity index (χ2v) is 11.6. The van der Waals surface area contributed by atoms with E-state index < -0.39 is 0 Å². The molecule has 0 spiro atoms. The second kappa shape index (κ2) is 11.8. The van der Waals surface area contributed by atoms with E-state index in [1.165, 1.54) is 5.39 Å². The largest absolute Gasteiger partial charge is 0.457 e. The Morgan fingerprint density at radius 2 is 1.58 bits per heavy atom. The molecule has 0 saturated carbocycles. The topological polar surface area (TPSA) is 49.2 Å². The number of nitrogens with zero attached hydrogens (tertiary/aromatic N) is 5. The summed E-state index contributed by atoms with van der Waals surface area (Å²) in [5.74, 6) is 2.54. The molecule has 3 heterocycles. The highest BCUT2D eigenvalue weighted by Crippen LogP contribution is 2.37. The quantitative estimate of drug-likeness (QED) is 0.166. The number of hydrogen-bond donors (Lipinski definition) is 0. The van der Waals surface area contributed by atoms with Gasteiger partial charge in [-0.2, -0.15) is 5.10 Å². The van der Waals surface area contributed by atoms with E-state index in [2.05, 4.69) is 96.9 Å². The molecular weight excluding hydrogens is 554 g/mol. The molecule has 0 atom stereocenters. The van der Waals surface area contributed by atoms with Gasteiger partial charge in [-0.05, 0) is 66.4 Å². The first-order chi connectivity index (χ1) is 22.0. The van der Waals surface area contributed by atoms with Crippen molar-refractivity contribution in [2.24, 2.45) is 0 Å². The first-order valence-corrected chi connectivity index (χ1v) is 15.3. The number of benzene rings is 4. The number of aromatic nitrogens is 4. The number of aryl methyl sites for hydroxylation is 1. The van der Waals surface area contributed by atoms with Crippen LogP contribution in [0.5, 0.6) is 11.5 Å². The standard InChI is InChI=1S/C39H33N5O/c1-26(2)39-38(28-11-6-5-7-12-28)35(20-21-40-4)44(42-39)29-13-10-14-30(24-29)45-31-17-18-33-32-15-8-9-16-34(32)43(36(33)25-31)37-23-27(3)19-22-41-37/h5-19,22-26H,20-21H2,1-3H3. The van der Waals surface area contributed by atoms with E-state index in [1.807, 2.05) is 53.3 Å². The molecule has 6 heteroatoms. The van der Waals surface area contributed by atoms with E-state index in [-0.39, 0.29) is 5.92 Å². The molecule has 0 aliphatic rings. The SMILES string of the molecule is [C-]#[N+]CCc1c(-c2ccccc2)c(C(C)C)nn1-c1cccc(Oc2ccc3c4ccccc4n(-c4cc(C)ccn4)c3c2)c1. The third-order valence-corrected chi connectivity index (χ3v) is 8.15. The summed E-state index contributed by atoms with van der Waals surface area (Å²) in [5.41, 5.74) is 8.48. The van der Waals surface area contributed by atoms with Gasteiger partial charge in [0.1, 0.15) is 17.3 Å². The van der Waals surface area contributed by atoms with Crippen molar-refractivity contribution in [2.75, 3.05) is 6.54 Å². The van der Waals surface area contributed by atoms with Crippen molar-refractivity contribution in [3.05, 3.63) is 144 Å². The van der Waals surface area contributed by atoms with Crippen molar-refractivity contribution >= 4 is 21.8 Å². The van der Waals surface area contributed by atoms with E-state index in [0.29, 0.717) is 18.7 Å². The molecule has 4 aromatic carbocycles. The lowest BCUT2D eigenvalue weighted by Crippen LogP contribution is -2.04. The highest BCUT2D eigenvalue weighted by molar-refractivity contribution is 6.09. The Kier molecular flexibility index (Phi) is 7.36. The minimum Gasteiger partial charge on any atom is -0.457 e. The first kappa shape index (κ1) is 28.1. The lowest BCUT2D eigenvalue weighted by Gasteiger charge is -2.12. The Morgan fingerprint density at radius 3 is 2.38 bits per heavy atom. The Labute approximate surface area is 263 Å². The fourth-order valence-electron chi connectivity index (χ4n) is 6.12. The van der Waals surface area contributed by atoms with E-state index in [4.69, 9.17) is 21.4 Å². The fourth-order valence-corrected chi connectivity index (χ4v) is 6.12. The Hall–Kier alpha value is -5.67. The molecule has 7 rings (SSSR count). The molecule has 7 aromatic rings. The average Bonchev–Trinajstić information content (AvgIpc) is 3.60. The molecule has 0 aliphatic carbocycles. The van der Waals surface area contributed by atoms with Crippen molar-refractivity contribution in [1.82, 2.24) is 19.3 Å². The van der Waals surface area contributed by atoms with Crippen molar-refractivity contribution in [3.63, 3.8) is 0 Å². The van der Waals surface area contributed by atoms with Crippen molar-refractivity contribution in [1.29, 1.82) is 0 Å². The van der Waals surface area contributed by atoms with Gasteiger partial charge in [0.05, 0.1) is 34.5 Å². The predicted molar refractivity (Wildman–Crippen MR) is 182 cm³/mol. The number of rotatable bonds is 8. The van der Waals surface area contributed by atoms with Crippen LogP contribution >= 0.6 is 0 Å². The summed E-state index contributed by atoms with van der Waals surface area (Å²) in [6.45, 7) is 14.3. The van der Waals surface area contributed by atoms with Gasteiger partial charge in [-0.3, -0.25) is 4.57 Å². The summed E-state index contributed by atoms with van der Waals surface area (Å²) in [7, 11) is 0. The monoisotopic (exact) mass is 587 g/mol. The Balaban J connectivity index is 1.31. The number of ether oxygens (including phenoxy) is 1. The van der Waals surface area contributed by atoms with Crippen LogP contribution in [0.3, 0.4) is 0 Å². The van der Waals surface area contributed by atoms with Crippen molar-refractivity contribution < 1.29 is 4.74 Å². The van der Waals surface area contributed by atoms with Gasteiger partial charge >= 0.3 is 0 Å². The summed E-state index contributed by atoms with van der Waals surface area (Å²) in [6, 6.07) is 37.2. The zero-order chi connectivity index (χ0) is 30.9. The number of para-hydroxylation sites is 1. The molecule has 0 saturated heterocycles. The lowest BCUT2D eigenvalue weighted by molar-refractivity contribution is 0.482. The maximum Gasteiger partial charge on any atom is 0.220 e. The highest BCUT2D eigenvalue weighted by Gasteiger charge is 2.23. The van der Waals surface area contributed by atoms with Crippen LogP contribution in [0.2, 0.25) is 0 Å². The average molecular weight is 588 g/mol. The van der Waals surface area contributed by atoms with Crippen LogP contribution in [-0.4, -0.2) is 25.9 Å². The molecule has 0 radical (unpaired) electrons. The van der Waals surface area contributed by atoms with Crippen molar-refractivity contribution in [3.8, 4) is 34.1 Å². The van der Waals surface area contributed by atoms with Crippen LogP contribution in [0.15, 0.2) is 115 Å². The summed E-state index contributed by atoms with van der Waals surface area (Å²) in [4.78, 5) is 8.39. The highest BCUT2D eigenvalue weighted by atomic mass is 16.5. The van der Waals surface area contributed by atoms with Gasteiger partial charge in [0.25, 0.3) is 0 Å². The zero-order valence-electron chi connectivity index (χ0n) is 25.6. The van der Waals surface area contributed by atoms with Gasteiger partial charge in [-0.1, -0.05) is 68.4 Å². The third kappa shape index (κ3) is 5.23. The number of hydrogen-bond acceptors (Lipinski definition) is 3. The van der Waals surface area contributed by atoms with E-state index in [0.717, 1.165) is 61.8 Å². The summed E-state index contributed by atoms with van der Waals surface area (Å²) < 4.78 is 10.7. The fraction of sp³-hybridized carbons (Fsp3) is 0.154. The Morgan fingerprint density at radius 1 is 0.800 bits per heavy atom. The van der Waals surface area contributed by atoms with Crippen LogP contribution in [0.25, 0.3) is 49.3 Å². The smallest absolute Gasteiger partial charge is 0.220 e.